The van der Waals surface area contributed by atoms with E-state index in [0.717, 1.165) is 12.1 Å². The molecular weight excluding hydrogens is 413 g/mol. The highest BCUT2D eigenvalue weighted by Crippen LogP contribution is 2.41. The molecule has 1 aliphatic carbocycles. The quantitative estimate of drug-likeness (QED) is 0.780. The first-order chi connectivity index (χ1) is 13.5. The number of sulfone groups is 1. The number of ether oxygens (including phenoxy) is 1. The zero-order chi connectivity index (χ0) is 21.6. The van der Waals surface area contributed by atoms with Crippen LogP contribution in [-0.2, 0) is 32.6 Å². The fourth-order valence-electron chi connectivity index (χ4n) is 3.72. The van der Waals surface area contributed by atoms with Crippen molar-refractivity contribution < 1.29 is 36.2 Å². The fourth-order valence-corrected chi connectivity index (χ4v) is 5.73. The monoisotopic (exact) mass is 432 g/mol. The van der Waals surface area contributed by atoms with Gasteiger partial charge in [-0.25, -0.2) is 8.42 Å². The predicted molar refractivity (Wildman–Crippen MR) is 95.8 cm³/mol. The van der Waals surface area contributed by atoms with E-state index in [-0.39, 0.29) is 18.4 Å². The largest absolute Gasteiger partial charge is 0.481 e. The van der Waals surface area contributed by atoms with Crippen molar-refractivity contribution in [3.63, 3.8) is 0 Å². The molecule has 158 valence electrons. The van der Waals surface area contributed by atoms with Crippen molar-refractivity contribution in [3.8, 4) is 11.3 Å². The fraction of sp³-hybridized carbons (Fsp3) is 0.444. The van der Waals surface area contributed by atoms with E-state index in [9.17, 15) is 31.5 Å². The van der Waals surface area contributed by atoms with Crippen LogP contribution in [0.3, 0.4) is 0 Å². The highest BCUT2D eigenvalue weighted by atomic mass is 32.2. The van der Waals surface area contributed by atoms with Crippen LogP contribution in [0.5, 0.6) is 0 Å². The minimum Gasteiger partial charge on any atom is -0.481 e. The molecule has 0 bridgehead atoms. The summed E-state index contributed by atoms with van der Waals surface area (Å²) in [5.74, 6) is -2.33. The number of methoxy groups -OCH3 is 1. The van der Waals surface area contributed by atoms with Crippen molar-refractivity contribution in [1.29, 1.82) is 0 Å². The number of carbonyl (C=O) groups is 1. The lowest BCUT2D eigenvalue weighted by Gasteiger charge is -2.18. The van der Waals surface area contributed by atoms with Crippen LogP contribution in [0.25, 0.3) is 11.3 Å². The zero-order valence-corrected chi connectivity index (χ0v) is 16.4. The van der Waals surface area contributed by atoms with Crippen molar-refractivity contribution in [3.05, 3.63) is 36.0 Å². The molecule has 1 aliphatic rings. The maximum Gasteiger partial charge on any atom is 0.417 e. The second-order valence-corrected chi connectivity index (χ2v) is 9.10. The zero-order valence-electron chi connectivity index (χ0n) is 15.5. The summed E-state index contributed by atoms with van der Waals surface area (Å²) in [5.41, 5.74) is -0.726. The molecule has 11 heteroatoms. The number of hydrogen-bond donors (Lipinski definition) is 1. The van der Waals surface area contributed by atoms with Crippen LogP contribution in [0.15, 0.2) is 35.4 Å². The van der Waals surface area contributed by atoms with Gasteiger partial charge in [-0.05, 0) is 31.0 Å². The summed E-state index contributed by atoms with van der Waals surface area (Å²) in [7, 11) is -1.64. The van der Waals surface area contributed by atoms with Gasteiger partial charge in [0, 0.05) is 25.9 Å². The summed E-state index contributed by atoms with van der Waals surface area (Å²) < 4.78 is 73.7. The Balaban J connectivity index is 2.08. The molecule has 0 amide bonds. The molecule has 0 aliphatic heterocycles. The Morgan fingerprint density at radius 1 is 1.28 bits per heavy atom. The molecule has 2 aromatic rings. The molecule has 7 nitrogen and oxygen atoms in total. The Kier molecular flexibility index (Phi) is 5.48. The highest BCUT2D eigenvalue weighted by Gasteiger charge is 2.47. The number of nitrogens with zero attached hydrogens (tertiary/aromatic N) is 2. The predicted octanol–water partition coefficient (Wildman–Crippen LogP) is 2.76. The van der Waals surface area contributed by atoms with Gasteiger partial charge in [-0.15, -0.1) is 0 Å². The molecule has 3 atom stereocenters. The van der Waals surface area contributed by atoms with Crippen LogP contribution >= 0.6 is 0 Å². The van der Waals surface area contributed by atoms with Crippen molar-refractivity contribution in [1.82, 2.24) is 9.78 Å². The number of hydrogen-bond acceptors (Lipinski definition) is 5. The lowest BCUT2D eigenvalue weighted by molar-refractivity contribution is -0.145. The topological polar surface area (TPSA) is 98.5 Å². The Labute approximate surface area is 165 Å². The number of alkyl halides is 3. The smallest absolute Gasteiger partial charge is 0.417 e. The molecule has 0 radical (unpaired) electrons. The standard InChI is InChI=1S/C18H19F3N2O5S/c1-23-14(5-6-22-23)10-3-4-16(13(7-10)18(19,20)21)29(26,27)11-8-12(17(24)25)15(9-11)28-2/h3-7,11-12,15H,8-9H2,1-2H3,(H,24,25)/t11-,12-,15-/m1/s1. The first kappa shape index (κ1) is 21.3. The third kappa shape index (κ3) is 3.88. The Morgan fingerprint density at radius 3 is 2.45 bits per heavy atom. The van der Waals surface area contributed by atoms with Gasteiger partial charge in [0.1, 0.15) is 0 Å². The molecule has 29 heavy (non-hydrogen) atoms. The van der Waals surface area contributed by atoms with E-state index in [1.165, 1.54) is 30.1 Å². The molecule has 1 aromatic carbocycles. The van der Waals surface area contributed by atoms with Gasteiger partial charge in [0.2, 0.25) is 0 Å². The highest BCUT2D eigenvalue weighted by molar-refractivity contribution is 7.92. The molecule has 0 saturated heterocycles. The van der Waals surface area contributed by atoms with Gasteiger partial charge in [-0.3, -0.25) is 9.48 Å². The van der Waals surface area contributed by atoms with Crippen molar-refractivity contribution in [2.24, 2.45) is 13.0 Å². The normalized spacial score (nSPS) is 22.7. The van der Waals surface area contributed by atoms with Crippen LogP contribution in [-0.4, -0.2) is 47.7 Å². The van der Waals surface area contributed by atoms with Gasteiger partial charge in [-0.2, -0.15) is 18.3 Å². The first-order valence-corrected chi connectivity index (χ1v) is 10.2. The van der Waals surface area contributed by atoms with Crippen LogP contribution in [0.4, 0.5) is 13.2 Å². The van der Waals surface area contributed by atoms with Gasteiger partial charge in [0.15, 0.2) is 9.84 Å². The van der Waals surface area contributed by atoms with E-state index in [1.807, 2.05) is 0 Å². The second-order valence-electron chi connectivity index (χ2n) is 6.91. The van der Waals surface area contributed by atoms with Gasteiger partial charge < -0.3 is 9.84 Å². The van der Waals surface area contributed by atoms with E-state index in [2.05, 4.69) is 5.10 Å². The lowest BCUT2D eigenvalue weighted by Crippen LogP contribution is -2.24. The third-order valence-corrected chi connectivity index (χ3v) is 7.46. The van der Waals surface area contributed by atoms with Gasteiger partial charge in [0.25, 0.3) is 0 Å². The minimum atomic E-state index is -4.91. The number of aliphatic carboxylic acids is 1. The van der Waals surface area contributed by atoms with Gasteiger partial charge in [-0.1, -0.05) is 6.07 Å². The van der Waals surface area contributed by atoms with Crippen LogP contribution < -0.4 is 0 Å². The van der Waals surface area contributed by atoms with Crippen LogP contribution in [0, 0.1) is 5.92 Å². The molecular formula is C18H19F3N2O5S. The van der Waals surface area contributed by atoms with E-state index >= 15 is 0 Å². The number of rotatable bonds is 5. The average molecular weight is 432 g/mol. The number of carboxylic acids is 1. The lowest BCUT2D eigenvalue weighted by atomic mass is 10.1. The summed E-state index contributed by atoms with van der Waals surface area (Å²) in [5, 5.41) is 11.9. The Hall–Kier alpha value is -2.40. The molecule has 3 rings (SSSR count). The van der Waals surface area contributed by atoms with E-state index in [4.69, 9.17) is 4.74 Å². The molecule has 0 spiro atoms. The minimum absolute atomic E-state index is 0.167. The molecule has 1 N–H and O–H groups in total. The number of halogens is 3. The maximum absolute atomic E-state index is 13.7. The second kappa shape index (κ2) is 7.45. The summed E-state index contributed by atoms with van der Waals surface area (Å²) in [6.07, 6.45) is -4.87. The Morgan fingerprint density at radius 2 is 1.97 bits per heavy atom. The molecule has 1 fully saturated rings. The summed E-state index contributed by atoms with van der Waals surface area (Å²) in [6.45, 7) is 0. The van der Waals surface area contributed by atoms with Crippen LogP contribution in [0.1, 0.15) is 18.4 Å². The molecule has 1 aromatic heterocycles. The molecule has 1 saturated carbocycles. The van der Waals surface area contributed by atoms with Gasteiger partial charge >= 0.3 is 12.1 Å². The van der Waals surface area contributed by atoms with E-state index in [0.29, 0.717) is 5.69 Å². The summed E-state index contributed by atoms with van der Waals surface area (Å²) >= 11 is 0. The number of carboxylic acid groups (broad SMARTS) is 1. The average Bonchev–Trinajstić information content (AvgIpc) is 3.27. The summed E-state index contributed by atoms with van der Waals surface area (Å²) in [4.78, 5) is 10.5. The number of aromatic nitrogens is 2. The van der Waals surface area contributed by atoms with Crippen molar-refractivity contribution >= 4 is 15.8 Å². The van der Waals surface area contributed by atoms with Gasteiger partial charge in [0.05, 0.1) is 33.4 Å². The third-order valence-electron chi connectivity index (χ3n) is 5.23. The van der Waals surface area contributed by atoms with E-state index < -0.39 is 49.7 Å². The Bertz CT molecular complexity index is 1030. The number of benzene rings is 1. The molecule has 1 heterocycles. The first-order valence-electron chi connectivity index (χ1n) is 8.66. The SMILES string of the molecule is CO[C@@H]1C[C@H](S(=O)(=O)c2ccc(-c3ccnn3C)cc2C(F)(F)F)C[C@H]1C(=O)O. The van der Waals surface area contributed by atoms with Crippen molar-refractivity contribution in [2.45, 2.75) is 35.3 Å². The maximum atomic E-state index is 13.7. The molecule has 0 unspecified atom stereocenters. The van der Waals surface area contributed by atoms with Crippen molar-refractivity contribution in [2.75, 3.05) is 7.11 Å². The summed E-state index contributed by atoms with van der Waals surface area (Å²) in [6, 6.07) is 4.51. The van der Waals surface area contributed by atoms with E-state index in [1.54, 1.807) is 7.05 Å². The van der Waals surface area contributed by atoms with Crippen LogP contribution in [0.2, 0.25) is 0 Å². The number of aryl methyl sites for hydroxylation is 1.